The normalized spacial score (nSPS) is 13.6. The number of benzene rings is 3. The van der Waals surface area contributed by atoms with Crippen molar-refractivity contribution in [2.24, 2.45) is 0 Å². The lowest BCUT2D eigenvalue weighted by molar-refractivity contribution is -0.131. The molecule has 0 saturated carbocycles. The van der Waals surface area contributed by atoms with Crippen LogP contribution in [0.3, 0.4) is 0 Å². The van der Waals surface area contributed by atoms with E-state index in [9.17, 15) is 4.79 Å². The number of rotatable bonds is 5. The van der Waals surface area contributed by atoms with E-state index in [1.807, 2.05) is 4.90 Å². The number of hydrogen-bond donors (Lipinski definition) is 1. The second-order valence-corrected chi connectivity index (χ2v) is 9.51. The van der Waals surface area contributed by atoms with Gasteiger partial charge in [-0.2, -0.15) is 0 Å². The first-order valence-corrected chi connectivity index (χ1v) is 11.2. The first-order chi connectivity index (χ1) is 14.9. The number of amides is 1. The molecule has 0 aliphatic carbocycles. The second kappa shape index (κ2) is 8.97. The van der Waals surface area contributed by atoms with Gasteiger partial charge < -0.3 is 10.2 Å². The van der Waals surface area contributed by atoms with Crippen molar-refractivity contribution >= 4 is 11.6 Å². The second-order valence-electron chi connectivity index (χ2n) is 9.51. The minimum absolute atomic E-state index is 0.177. The Bertz CT molecular complexity index is 1030. The zero-order valence-electron chi connectivity index (χ0n) is 18.8. The molecule has 4 rings (SSSR count). The van der Waals surface area contributed by atoms with E-state index in [-0.39, 0.29) is 11.3 Å². The molecule has 0 atom stereocenters. The molecular weight excluding hydrogens is 380 g/mol. The Morgan fingerprint density at radius 2 is 1.52 bits per heavy atom. The lowest BCUT2D eigenvalue weighted by Gasteiger charge is -2.29. The van der Waals surface area contributed by atoms with Crippen molar-refractivity contribution in [2.45, 2.75) is 52.1 Å². The molecule has 31 heavy (non-hydrogen) atoms. The maximum atomic E-state index is 12.8. The molecule has 1 aliphatic rings. The average Bonchev–Trinajstić information content (AvgIpc) is 2.78. The summed E-state index contributed by atoms with van der Waals surface area (Å²) < 4.78 is 0. The fourth-order valence-electron chi connectivity index (χ4n) is 4.06. The van der Waals surface area contributed by atoms with E-state index in [0.717, 1.165) is 37.3 Å². The Morgan fingerprint density at radius 3 is 2.19 bits per heavy atom. The van der Waals surface area contributed by atoms with Crippen LogP contribution in [0.25, 0.3) is 0 Å². The molecule has 0 aromatic heterocycles. The van der Waals surface area contributed by atoms with Crippen LogP contribution in [0.15, 0.2) is 72.8 Å². The number of hydrogen-bond acceptors (Lipinski definition) is 2. The summed E-state index contributed by atoms with van der Waals surface area (Å²) in [7, 11) is 0. The van der Waals surface area contributed by atoms with Crippen molar-refractivity contribution in [1.29, 1.82) is 0 Å². The van der Waals surface area contributed by atoms with Gasteiger partial charge in [0.15, 0.2) is 0 Å². The van der Waals surface area contributed by atoms with Crippen LogP contribution in [-0.4, -0.2) is 17.4 Å². The van der Waals surface area contributed by atoms with E-state index >= 15 is 0 Å². The molecule has 0 spiro atoms. The van der Waals surface area contributed by atoms with Gasteiger partial charge in [-0.05, 0) is 51.8 Å². The summed E-state index contributed by atoms with van der Waals surface area (Å²) >= 11 is 0. The van der Waals surface area contributed by atoms with Crippen molar-refractivity contribution in [3.63, 3.8) is 0 Å². The number of nitrogens with one attached hydrogen (secondary N) is 1. The maximum Gasteiger partial charge on any atom is 0.227 e. The maximum absolute atomic E-state index is 12.8. The molecule has 1 N–H and O–H groups in total. The van der Waals surface area contributed by atoms with Gasteiger partial charge in [-0.25, -0.2) is 0 Å². The molecule has 0 fully saturated rings. The molecule has 1 amide bonds. The molecular formula is C28H32N2O. The van der Waals surface area contributed by atoms with Gasteiger partial charge in [-0.3, -0.25) is 4.79 Å². The zero-order valence-corrected chi connectivity index (χ0v) is 18.8. The Morgan fingerprint density at radius 1 is 0.871 bits per heavy atom. The van der Waals surface area contributed by atoms with Crippen LogP contribution in [0.5, 0.6) is 0 Å². The van der Waals surface area contributed by atoms with Crippen LogP contribution in [0.2, 0.25) is 0 Å². The van der Waals surface area contributed by atoms with Gasteiger partial charge in [0.1, 0.15) is 0 Å². The van der Waals surface area contributed by atoms with Crippen molar-refractivity contribution < 1.29 is 4.79 Å². The van der Waals surface area contributed by atoms with Gasteiger partial charge in [0, 0.05) is 25.3 Å². The highest BCUT2D eigenvalue weighted by molar-refractivity contribution is 5.79. The summed E-state index contributed by atoms with van der Waals surface area (Å²) in [5, 5.41) is 3.48. The Balaban J connectivity index is 1.30. The molecule has 0 radical (unpaired) electrons. The molecule has 0 unspecified atom stereocenters. The van der Waals surface area contributed by atoms with Crippen molar-refractivity contribution in [3.8, 4) is 0 Å². The molecule has 0 saturated heterocycles. The number of carbonyl (C=O) groups is 1. The average molecular weight is 413 g/mol. The molecule has 1 heterocycles. The Kier molecular flexibility index (Phi) is 6.13. The monoisotopic (exact) mass is 412 g/mol. The summed E-state index contributed by atoms with van der Waals surface area (Å²) in [6, 6.07) is 25.5. The quantitative estimate of drug-likeness (QED) is 0.581. The van der Waals surface area contributed by atoms with E-state index in [1.54, 1.807) is 0 Å². The lowest BCUT2D eigenvalue weighted by atomic mass is 9.87. The fourth-order valence-corrected chi connectivity index (χ4v) is 4.06. The van der Waals surface area contributed by atoms with Crippen LogP contribution in [-0.2, 0) is 36.1 Å². The highest BCUT2D eigenvalue weighted by Crippen LogP contribution is 2.23. The minimum Gasteiger partial charge on any atom is -0.381 e. The van der Waals surface area contributed by atoms with Crippen molar-refractivity contribution in [3.05, 3.63) is 101 Å². The van der Waals surface area contributed by atoms with Gasteiger partial charge in [0.25, 0.3) is 0 Å². The Labute approximate surface area is 186 Å². The fraction of sp³-hybridized carbons (Fsp3) is 0.321. The predicted octanol–water partition coefficient (Wildman–Crippen LogP) is 5.72. The first kappa shape index (κ1) is 21.2. The molecule has 1 aliphatic heterocycles. The standard InChI is InChI=1S/C28H32N2O/c1-28(2,3)25-12-8-22(9-13-25)19-29-26-14-10-21(11-15-26)18-27(31)30-17-16-23-6-4-5-7-24(23)20-30/h4-15,29H,16-20H2,1-3H3. The zero-order chi connectivity index (χ0) is 21.8. The number of anilines is 1. The van der Waals surface area contributed by atoms with Crippen LogP contribution in [0, 0.1) is 0 Å². The van der Waals surface area contributed by atoms with E-state index < -0.39 is 0 Å². The summed E-state index contributed by atoms with van der Waals surface area (Å²) in [4.78, 5) is 14.8. The molecule has 0 bridgehead atoms. The molecule has 3 aromatic rings. The largest absolute Gasteiger partial charge is 0.381 e. The van der Waals surface area contributed by atoms with Crippen molar-refractivity contribution in [2.75, 3.05) is 11.9 Å². The van der Waals surface area contributed by atoms with Gasteiger partial charge in [-0.1, -0.05) is 81.4 Å². The smallest absolute Gasteiger partial charge is 0.227 e. The van der Waals surface area contributed by atoms with Gasteiger partial charge in [0.05, 0.1) is 6.42 Å². The minimum atomic E-state index is 0.177. The Hall–Kier alpha value is -3.07. The molecule has 3 aromatic carbocycles. The predicted molar refractivity (Wildman–Crippen MR) is 128 cm³/mol. The van der Waals surface area contributed by atoms with Crippen LogP contribution in [0.1, 0.15) is 48.6 Å². The summed E-state index contributed by atoms with van der Waals surface area (Å²) in [5.41, 5.74) is 7.57. The van der Waals surface area contributed by atoms with Crippen LogP contribution >= 0.6 is 0 Å². The lowest BCUT2D eigenvalue weighted by Crippen LogP contribution is -2.36. The third-order valence-corrected chi connectivity index (χ3v) is 6.11. The highest BCUT2D eigenvalue weighted by atomic mass is 16.2. The van der Waals surface area contributed by atoms with E-state index in [1.165, 1.54) is 22.3 Å². The number of nitrogens with zero attached hydrogens (tertiary/aromatic N) is 1. The summed E-state index contributed by atoms with van der Waals surface area (Å²) in [6.45, 7) is 9.02. The van der Waals surface area contributed by atoms with E-state index in [2.05, 4.69) is 98.9 Å². The summed E-state index contributed by atoms with van der Waals surface area (Å²) in [6.07, 6.45) is 1.40. The molecule has 160 valence electrons. The number of carbonyl (C=O) groups excluding carboxylic acids is 1. The first-order valence-electron chi connectivity index (χ1n) is 11.2. The topological polar surface area (TPSA) is 32.3 Å². The van der Waals surface area contributed by atoms with Gasteiger partial charge in [0.2, 0.25) is 5.91 Å². The third-order valence-electron chi connectivity index (χ3n) is 6.11. The van der Waals surface area contributed by atoms with Crippen LogP contribution in [0.4, 0.5) is 5.69 Å². The van der Waals surface area contributed by atoms with Gasteiger partial charge >= 0.3 is 0 Å². The van der Waals surface area contributed by atoms with E-state index in [0.29, 0.717) is 6.42 Å². The summed E-state index contributed by atoms with van der Waals surface area (Å²) in [5.74, 6) is 0.203. The SMILES string of the molecule is CC(C)(C)c1ccc(CNc2ccc(CC(=O)N3CCc4ccccc4C3)cc2)cc1. The van der Waals surface area contributed by atoms with E-state index in [4.69, 9.17) is 0 Å². The molecule has 3 nitrogen and oxygen atoms in total. The third kappa shape index (κ3) is 5.35. The number of fused-ring (bicyclic) bond motifs is 1. The van der Waals surface area contributed by atoms with Crippen LogP contribution < -0.4 is 5.32 Å². The van der Waals surface area contributed by atoms with Gasteiger partial charge in [-0.15, -0.1) is 0 Å². The highest BCUT2D eigenvalue weighted by Gasteiger charge is 2.20. The molecule has 3 heteroatoms. The van der Waals surface area contributed by atoms with Crippen molar-refractivity contribution in [1.82, 2.24) is 4.90 Å².